The summed E-state index contributed by atoms with van der Waals surface area (Å²) in [6.45, 7) is 6.38. The van der Waals surface area contributed by atoms with Gasteiger partial charge in [-0.3, -0.25) is 4.90 Å². The van der Waals surface area contributed by atoms with Crippen LogP contribution in [0.5, 0.6) is 0 Å². The number of carbonyl (C=O) groups excluding carboxylic acids is 1. The van der Waals surface area contributed by atoms with Crippen molar-refractivity contribution in [3.63, 3.8) is 0 Å². The fourth-order valence-electron chi connectivity index (χ4n) is 3.93. The topological polar surface area (TPSA) is 61.4 Å². The number of aryl methyl sites for hydroxylation is 2. The molecular formula is C20H24ClN5O. The third-order valence-electron chi connectivity index (χ3n) is 5.29. The molecule has 1 aromatic heterocycles. The molecule has 7 heteroatoms. The molecule has 0 saturated carbocycles. The van der Waals surface area contributed by atoms with Crippen LogP contribution in [0.25, 0.3) is 0 Å². The summed E-state index contributed by atoms with van der Waals surface area (Å²) in [5.41, 5.74) is 3.10. The Morgan fingerprint density at radius 1 is 1.15 bits per heavy atom. The summed E-state index contributed by atoms with van der Waals surface area (Å²) >= 11 is 6.11. The van der Waals surface area contributed by atoms with Crippen LogP contribution in [0, 0.1) is 13.8 Å². The van der Waals surface area contributed by atoms with Gasteiger partial charge in [0.2, 0.25) is 0 Å². The maximum absolute atomic E-state index is 12.8. The highest BCUT2D eigenvalue weighted by atomic mass is 35.5. The van der Waals surface area contributed by atoms with Gasteiger partial charge in [-0.25, -0.2) is 14.8 Å². The van der Waals surface area contributed by atoms with Crippen molar-refractivity contribution < 1.29 is 4.79 Å². The van der Waals surface area contributed by atoms with Gasteiger partial charge in [0, 0.05) is 42.5 Å². The molecule has 4 rings (SSSR count). The van der Waals surface area contributed by atoms with E-state index in [9.17, 15) is 4.79 Å². The fourth-order valence-corrected chi connectivity index (χ4v) is 4.09. The van der Waals surface area contributed by atoms with E-state index in [2.05, 4.69) is 20.2 Å². The predicted molar refractivity (Wildman–Crippen MR) is 108 cm³/mol. The lowest BCUT2D eigenvalue weighted by atomic mass is 10.1. The number of amides is 2. The second-order valence-electron chi connectivity index (χ2n) is 7.30. The lowest BCUT2D eigenvalue weighted by molar-refractivity contribution is 0.240. The Bertz CT molecular complexity index is 843. The van der Waals surface area contributed by atoms with E-state index in [-0.39, 0.29) is 12.1 Å². The van der Waals surface area contributed by atoms with E-state index in [1.165, 1.54) is 5.56 Å². The van der Waals surface area contributed by atoms with Gasteiger partial charge in [0.25, 0.3) is 0 Å². The van der Waals surface area contributed by atoms with Crippen molar-refractivity contribution in [3.8, 4) is 0 Å². The third-order valence-corrected chi connectivity index (χ3v) is 5.52. The van der Waals surface area contributed by atoms with E-state index < -0.39 is 0 Å². The van der Waals surface area contributed by atoms with Gasteiger partial charge in [0.1, 0.15) is 11.6 Å². The van der Waals surface area contributed by atoms with E-state index in [0.717, 1.165) is 55.4 Å². The van der Waals surface area contributed by atoms with Gasteiger partial charge in [-0.15, -0.1) is 0 Å². The maximum atomic E-state index is 12.8. The Hall–Kier alpha value is -2.34. The summed E-state index contributed by atoms with van der Waals surface area (Å²) < 4.78 is 0. The number of anilines is 2. The monoisotopic (exact) mass is 385 g/mol. The summed E-state index contributed by atoms with van der Waals surface area (Å²) in [5, 5.41) is 3.86. The molecule has 2 aliphatic heterocycles. The average Bonchev–Trinajstić information content (AvgIpc) is 3.04. The summed E-state index contributed by atoms with van der Waals surface area (Å²) in [7, 11) is 0. The van der Waals surface area contributed by atoms with Gasteiger partial charge in [-0.1, -0.05) is 17.7 Å². The Balaban J connectivity index is 1.36. The van der Waals surface area contributed by atoms with Crippen molar-refractivity contribution in [1.29, 1.82) is 0 Å². The lowest BCUT2D eigenvalue weighted by Gasteiger charge is -2.34. The first-order valence-corrected chi connectivity index (χ1v) is 9.81. The Morgan fingerprint density at radius 3 is 2.67 bits per heavy atom. The first kappa shape index (κ1) is 18.0. The molecule has 2 aliphatic rings. The highest BCUT2D eigenvalue weighted by Gasteiger charge is 2.28. The Kier molecular flexibility index (Phi) is 4.91. The smallest absolute Gasteiger partial charge is 0.322 e. The van der Waals surface area contributed by atoms with Crippen LogP contribution in [-0.4, -0.2) is 41.7 Å². The quantitative estimate of drug-likeness (QED) is 0.859. The van der Waals surface area contributed by atoms with Gasteiger partial charge in [-0.2, -0.15) is 0 Å². The number of hydrogen-bond donors (Lipinski definition) is 1. The molecule has 1 saturated heterocycles. The number of aromatic nitrogens is 2. The molecule has 2 aromatic rings. The van der Waals surface area contributed by atoms with Crippen LogP contribution in [-0.2, 0) is 6.42 Å². The van der Waals surface area contributed by atoms with Gasteiger partial charge in [-0.05, 0) is 50.8 Å². The molecule has 142 valence electrons. The van der Waals surface area contributed by atoms with Gasteiger partial charge in [0.15, 0.2) is 0 Å². The summed E-state index contributed by atoms with van der Waals surface area (Å²) in [5.74, 6) is 1.78. The van der Waals surface area contributed by atoms with E-state index in [1.54, 1.807) is 0 Å². The summed E-state index contributed by atoms with van der Waals surface area (Å²) in [6.07, 6.45) is 2.69. The van der Waals surface area contributed by atoms with Crippen LogP contribution in [0.2, 0.25) is 5.02 Å². The van der Waals surface area contributed by atoms with Crippen molar-refractivity contribution in [2.24, 2.45) is 0 Å². The molecule has 2 amide bonds. The first-order chi connectivity index (χ1) is 13.0. The van der Waals surface area contributed by atoms with Crippen LogP contribution in [0.4, 0.5) is 16.3 Å². The van der Waals surface area contributed by atoms with E-state index in [0.29, 0.717) is 11.6 Å². The van der Waals surface area contributed by atoms with Crippen LogP contribution < -0.4 is 15.1 Å². The molecule has 6 nitrogen and oxygen atoms in total. The lowest BCUT2D eigenvalue weighted by Crippen LogP contribution is -2.49. The van der Waals surface area contributed by atoms with E-state index >= 15 is 0 Å². The first-order valence-electron chi connectivity index (χ1n) is 9.43. The number of urea groups is 1. The molecule has 0 unspecified atom stereocenters. The molecule has 1 fully saturated rings. The molecule has 0 aliphatic carbocycles. The number of nitrogens with one attached hydrogen (secondary N) is 1. The number of benzene rings is 1. The average molecular weight is 386 g/mol. The van der Waals surface area contributed by atoms with Gasteiger partial charge < -0.3 is 10.2 Å². The van der Waals surface area contributed by atoms with E-state index in [1.807, 2.05) is 43.0 Å². The number of fused-ring (bicyclic) bond motifs is 1. The number of hydrogen-bond acceptors (Lipinski definition) is 4. The fraction of sp³-hybridized carbons (Fsp3) is 0.450. The van der Waals surface area contributed by atoms with E-state index in [4.69, 9.17) is 11.6 Å². The summed E-state index contributed by atoms with van der Waals surface area (Å²) in [6, 6.07) is 7.95. The maximum Gasteiger partial charge on any atom is 0.322 e. The number of carbonyl (C=O) groups is 1. The zero-order valence-electron chi connectivity index (χ0n) is 15.7. The van der Waals surface area contributed by atoms with Crippen LogP contribution in [0.1, 0.15) is 29.9 Å². The normalized spacial score (nSPS) is 17.1. The second-order valence-corrected chi connectivity index (χ2v) is 7.74. The van der Waals surface area contributed by atoms with Gasteiger partial charge in [0.05, 0.1) is 5.69 Å². The zero-order chi connectivity index (χ0) is 19.0. The predicted octanol–water partition coefficient (Wildman–Crippen LogP) is 3.49. The second kappa shape index (κ2) is 7.35. The van der Waals surface area contributed by atoms with Crippen LogP contribution in [0.15, 0.2) is 24.3 Å². The van der Waals surface area contributed by atoms with Crippen LogP contribution >= 0.6 is 11.6 Å². The van der Waals surface area contributed by atoms with Crippen molar-refractivity contribution in [3.05, 3.63) is 46.4 Å². The summed E-state index contributed by atoms with van der Waals surface area (Å²) in [4.78, 5) is 25.7. The highest BCUT2D eigenvalue weighted by molar-refractivity contribution is 6.31. The van der Waals surface area contributed by atoms with Crippen molar-refractivity contribution >= 4 is 29.1 Å². The zero-order valence-corrected chi connectivity index (χ0v) is 16.5. The Morgan fingerprint density at radius 2 is 1.93 bits per heavy atom. The van der Waals surface area contributed by atoms with Crippen LogP contribution in [0.3, 0.4) is 0 Å². The standard InChI is InChI=1S/C20H24ClN5O/c1-13-11-19(23-14(2)22-13)25-8-6-17(7-9-25)24-20(27)26-10-5-15-3-4-16(21)12-18(15)26/h3-4,11-12,17H,5-10H2,1-2H3,(H,24,27). The third kappa shape index (κ3) is 3.86. The number of halogens is 1. The number of nitrogens with zero attached hydrogens (tertiary/aromatic N) is 4. The number of piperidine rings is 1. The molecule has 3 heterocycles. The minimum atomic E-state index is -0.0248. The highest BCUT2D eigenvalue weighted by Crippen LogP contribution is 2.31. The Labute approximate surface area is 164 Å². The molecule has 0 bridgehead atoms. The van der Waals surface area contributed by atoms with Crippen molar-refractivity contribution in [2.45, 2.75) is 39.2 Å². The SMILES string of the molecule is Cc1cc(N2CCC(NC(=O)N3CCc4ccc(Cl)cc43)CC2)nc(C)n1. The molecule has 0 atom stereocenters. The number of rotatable bonds is 2. The molecule has 1 aromatic carbocycles. The molecule has 1 N–H and O–H groups in total. The van der Waals surface area contributed by atoms with Gasteiger partial charge >= 0.3 is 6.03 Å². The minimum absolute atomic E-state index is 0.0248. The molecular weight excluding hydrogens is 362 g/mol. The molecule has 0 spiro atoms. The molecule has 0 radical (unpaired) electrons. The van der Waals surface area contributed by atoms with Crippen molar-refractivity contribution in [1.82, 2.24) is 15.3 Å². The molecule has 27 heavy (non-hydrogen) atoms. The van der Waals surface area contributed by atoms with Crippen molar-refractivity contribution in [2.75, 3.05) is 29.4 Å². The minimum Gasteiger partial charge on any atom is -0.356 e. The largest absolute Gasteiger partial charge is 0.356 e.